The van der Waals surface area contributed by atoms with Crippen LogP contribution in [0.5, 0.6) is 0 Å². The summed E-state index contributed by atoms with van der Waals surface area (Å²) in [6, 6.07) is 6.32. The average Bonchev–Trinajstić information content (AvgIpc) is 3.27. The number of hydrogen-bond donors (Lipinski definition) is 2. The molecule has 0 unspecified atom stereocenters. The summed E-state index contributed by atoms with van der Waals surface area (Å²) in [7, 11) is 0. The largest absolute Gasteiger partial charge is 0.382 e. The van der Waals surface area contributed by atoms with Gasteiger partial charge in [0.1, 0.15) is 0 Å². The van der Waals surface area contributed by atoms with Crippen molar-refractivity contribution < 1.29 is 9.59 Å². The van der Waals surface area contributed by atoms with Crippen molar-refractivity contribution in [1.29, 1.82) is 0 Å². The lowest BCUT2D eigenvalue weighted by Gasteiger charge is -2.30. The molecule has 0 radical (unpaired) electrons. The number of ketones is 1. The predicted molar refractivity (Wildman–Crippen MR) is 123 cm³/mol. The van der Waals surface area contributed by atoms with Crippen LogP contribution in [0.4, 0.5) is 5.69 Å². The lowest BCUT2D eigenvalue weighted by Crippen LogP contribution is -2.28. The van der Waals surface area contributed by atoms with Crippen LogP contribution in [-0.4, -0.2) is 22.3 Å². The third-order valence-corrected chi connectivity index (χ3v) is 7.37. The third-order valence-electron chi connectivity index (χ3n) is 7.37. The van der Waals surface area contributed by atoms with Gasteiger partial charge in [-0.25, -0.2) is 0 Å². The number of nitrogens with two attached hydrogens (primary N) is 1. The van der Waals surface area contributed by atoms with E-state index in [0.29, 0.717) is 18.0 Å². The molecule has 0 atom stereocenters. The summed E-state index contributed by atoms with van der Waals surface area (Å²) in [6.45, 7) is 4.37. The summed E-state index contributed by atoms with van der Waals surface area (Å²) < 4.78 is 2.33. The van der Waals surface area contributed by atoms with Gasteiger partial charge in [0.05, 0.1) is 5.56 Å². The fraction of sp³-hybridized carbons (Fsp3) is 0.538. The Bertz CT molecular complexity index is 1060. The zero-order chi connectivity index (χ0) is 21.8. The van der Waals surface area contributed by atoms with E-state index in [1.165, 1.54) is 30.5 Å². The number of anilines is 1. The Labute approximate surface area is 184 Å². The number of benzene rings is 1. The molecule has 5 nitrogen and oxygen atoms in total. The SMILES string of the molecule is CC1(C)CC(=O)c2c3c(n(-c4ccc(C(N)=O)c(NC5CCCCC5)c4)c2C1)CCC3. The number of rotatable bonds is 4. The second-order valence-electron chi connectivity index (χ2n) is 10.5. The van der Waals surface area contributed by atoms with Crippen LogP contribution >= 0.6 is 0 Å². The molecule has 1 fully saturated rings. The molecular formula is C26H33N3O2. The topological polar surface area (TPSA) is 77.1 Å². The molecule has 3 aliphatic rings. The van der Waals surface area contributed by atoms with Gasteiger partial charge in [0, 0.05) is 40.8 Å². The minimum absolute atomic E-state index is 0.0374. The molecule has 31 heavy (non-hydrogen) atoms. The molecule has 0 spiro atoms. The molecule has 164 valence electrons. The lowest BCUT2D eigenvalue weighted by molar-refractivity contribution is 0.0909. The zero-order valence-corrected chi connectivity index (χ0v) is 18.7. The van der Waals surface area contributed by atoms with Crippen molar-refractivity contribution in [2.24, 2.45) is 11.1 Å². The van der Waals surface area contributed by atoms with Gasteiger partial charge in [0.2, 0.25) is 0 Å². The van der Waals surface area contributed by atoms with Crippen molar-refractivity contribution in [3.05, 3.63) is 46.3 Å². The highest BCUT2D eigenvalue weighted by Crippen LogP contribution is 2.43. The summed E-state index contributed by atoms with van der Waals surface area (Å²) in [6.07, 6.45) is 10.6. The quantitative estimate of drug-likeness (QED) is 0.735. The summed E-state index contributed by atoms with van der Waals surface area (Å²) in [5.74, 6) is -0.113. The maximum atomic E-state index is 13.1. The fourth-order valence-corrected chi connectivity index (χ4v) is 6.01. The highest BCUT2D eigenvalue weighted by molar-refractivity contribution is 6.01. The Hall–Kier alpha value is -2.56. The molecule has 1 amide bonds. The molecule has 2 aromatic rings. The Morgan fingerprint density at radius 3 is 2.58 bits per heavy atom. The number of fused-ring (bicyclic) bond motifs is 3. The highest BCUT2D eigenvalue weighted by Gasteiger charge is 2.38. The van der Waals surface area contributed by atoms with Gasteiger partial charge >= 0.3 is 0 Å². The van der Waals surface area contributed by atoms with Crippen LogP contribution in [0.15, 0.2) is 18.2 Å². The maximum absolute atomic E-state index is 13.1. The number of carbonyl (C=O) groups excluding carboxylic acids is 2. The van der Waals surface area contributed by atoms with Gasteiger partial charge in [-0.05, 0) is 67.7 Å². The van der Waals surface area contributed by atoms with Gasteiger partial charge in [-0.3, -0.25) is 9.59 Å². The van der Waals surface area contributed by atoms with E-state index in [1.807, 2.05) is 12.1 Å². The monoisotopic (exact) mass is 419 g/mol. The van der Waals surface area contributed by atoms with Gasteiger partial charge in [-0.2, -0.15) is 0 Å². The summed E-state index contributed by atoms with van der Waals surface area (Å²) >= 11 is 0. The normalized spacial score (nSPS) is 20.4. The Morgan fingerprint density at radius 1 is 1.06 bits per heavy atom. The van der Waals surface area contributed by atoms with E-state index in [2.05, 4.69) is 29.8 Å². The average molecular weight is 420 g/mol. The smallest absolute Gasteiger partial charge is 0.250 e. The van der Waals surface area contributed by atoms with Crippen LogP contribution in [-0.2, 0) is 19.3 Å². The van der Waals surface area contributed by atoms with Crippen LogP contribution in [0.1, 0.15) is 96.5 Å². The molecule has 3 aliphatic carbocycles. The molecule has 0 saturated heterocycles. The molecule has 0 aliphatic heterocycles. The zero-order valence-electron chi connectivity index (χ0n) is 18.7. The predicted octanol–water partition coefficient (Wildman–Crippen LogP) is 4.96. The van der Waals surface area contributed by atoms with Gasteiger partial charge in [0.15, 0.2) is 5.78 Å². The fourth-order valence-electron chi connectivity index (χ4n) is 6.01. The van der Waals surface area contributed by atoms with Crippen LogP contribution in [0.3, 0.4) is 0 Å². The number of hydrogen-bond acceptors (Lipinski definition) is 3. The van der Waals surface area contributed by atoms with Gasteiger partial charge in [-0.1, -0.05) is 33.1 Å². The number of nitrogens with one attached hydrogen (secondary N) is 1. The van der Waals surface area contributed by atoms with Gasteiger partial charge in [-0.15, -0.1) is 0 Å². The van der Waals surface area contributed by atoms with Crippen LogP contribution < -0.4 is 11.1 Å². The van der Waals surface area contributed by atoms with Crippen molar-refractivity contribution in [2.45, 2.75) is 84.1 Å². The van der Waals surface area contributed by atoms with Crippen molar-refractivity contribution in [3.63, 3.8) is 0 Å². The molecule has 1 aromatic carbocycles. The van der Waals surface area contributed by atoms with Crippen LogP contribution in [0.25, 0.3) is 5.69 Å². The number of amides is 1. The van der Waals surface area contributed by atoms with Crippen molar-refractivity contribution >= 4 is 17.4 Å². The first-order chi connectivity index (χ1) is 14.8. The van der Waals surface area contributed by atoms with E-state index in [9.17, 15) is 9.59 Å². The molecule has 5 heteroatoms. The summed E-state index contributed by atoms with van der Waals surface area (Å²) in [5, 5.41) is 3.62. The second-order valence-corrected chi connectivity index (χ2v) is 10.5. The lowest BCUT2D eigenvalue weighted by atomic mass is 9.75. The molecular weight excluding hydrogens is 386 g/mol. The third kappa shape index (κ3) is 3.58. The Kier molecular flexibility index (Phi) is 4.95. The molecule has 1 heterocycles. The molecule has 1 aromatic heterocycles. The minimum atomic E-state index is -0.402. The van der Waals surface area contributed by atoms with E-state index in [0.717, 1.165) is 61.2 Å². The van der Waals surface area contributed by atoms with Crippen molar-refractivity contribution in [2.75, 3.05) is 5.32 Å². The first kappa shape index (κ1) is 20.3. The van der Waals surface area contributed by atoms with Crippen LogP contribution in [0, 0.1) is 5.41 Å². The van der Waals surface area contributed by atoms with E-state index in [1.54, 1.807) is 0 Å². The number of Topliss-reactive ketones (excluding diaryl/α,β-unsaturated/α-hetero) is 1. The standard InChI is InChI=1S/C26H33N3O2/c1-26(2)14-22-24(23(30)15-26)19-9-6-10-21(19)29(22)17-11-12-18(25(27)31)20(13-17)28-16-7-4-3-5-8-16/h11-13,16,28H,3-10,14-15H2,1-2H3,(H2,27,31). The first-order valence-corrected chi connectivity index (χ1v) is 11.8. The minimum Gasteiger partial charge on any atom is -0.382 e. The number of aromatic nitrogens is 1. The summed E-state index contributed by atoms with van der Waals surface area (Å²) in [4.78, 5) is 25.2. The molecule has 3 N–H and O–H groups in total. The molecule has 0 bridgehead atoms. The van der Waals surface area contributed by atoms with Gasteiger partial charge < -0.3 is 15.6 Å². The van der Waals surface area contributed by atoms with E-state index < -0.39 is 5.91 Å². The van der Waals surface area contributed by atoms with E-state index in [-0.39, 0.29) is 11.2 Å². The van der Waals surface area contributed by atoms with Gasteiger partial charge in [0.25, 0.3) is 5.91 Å². The van der Waals surface area contributed by atoms with E-state index in [4.69, 9.17) is 5.73 Å². The van der Waals surface area contributed by atoms with Crippen molar-refractivity contribution in [1.82, 2.24) is 4.57 Å². The van der Waals surface area contributed by atoms with E-state index >= 15 is 0 Å². The van der Waals surface area contributed by atoms with Crippen LogP contribution in [0.2, 0.25) is 0 Å². The number of nitrogens with zero attached hydrogens (tertiary/aromatic N) is 1. The molecule has 1 saturated carbocycles. The number of carbonyl (C=O) groups is 2. The van der Waals surface area contributed by atoms with Crippen molar-refractivity contribution in [3.8, 4) is 5.69 Å². The number of primary amides is 1. The Balaban J connectivity index is 1.62. The highest BCUT2D eigenvalue weighted by atomic mass is 16.1. The first-order valence-electron chi connectivity index (χ1n) is 11.8. The maximum Gasteiger partial charge on any atom is 0.250 e. The summed E-state index contributed by atoms with van der Waals surface area (Å²) in [5.41, 5.74) is 12.8. The molecule has 5 rings (SSSR count). The Morgan fingerprint density at radius 2 is 1.84 bits per heavy atom. The second kappa shape index (κ2) is 7.54.